The van der Waals surface area contributed by atoms with Gasteiger partial charge in [-0.05, 0) is 12.8 Å². The highest BCUT2D eigenvalue weighted by Crippen LogP contribution is 2.46. The van der Waals surface area contributed by atoms with Gasteiger partial charge in [0.15, 0.2) is 9.84 Å². The third-order valence-corrected chi connectivity index (χ3v) is 4.95. The molecule has 0 radical (unpaired) electrons. The predicted molar refractivity (Wildman–Crippen MR) is 43.7 cm³/mol. The summed E-state index contributed by atoms with van der Waals surface area (Å²) in [5.41, 5.74) is 0. The van der Waals surface area contributed by atoms with Gasteiger partial charge in [-0.3, -0.25) is 4.79 Å². The zero-order chi connectivity index (χ0) is 9.41. The Labute approximate surface area is 71.5 Å². The minimum atomic E-state index is -3.16. The maximum Gasteiger partial charge on any atom is 0.304 e. The first-order chi connectivity index (χ1) is 5.43. The molecule has 0 atom stereocenters. The highest BCUT2D eigenvalue weighted by atomic mass is 32.2. The normalized spacial score (nSPS) is 20.4. The van der Waals surface area contributed by atoms with Crippen molar-refractivity contribution in [3.8, 4) is 0 Å². The highest BCUT2D eigenvalue weighted by molar-refractivity contribution is 7.93. The fourth-order valence-electron chi connectivity index (χ4n) is 1.32. The molecule has 1 saturated carbocycles. The van der Waals surface area contributed by atoms with E-state index in [2.05, 4.69) is 0 Å². The molecule has 4 nitrogen and oxygen atoms in total. The van der Waals surface area contributed by atoms with Crippen LogP contribution in [-0.2, 0) is 14.6 Å². The van der Waals surface area contributed by atoms with Gasteiger partial charge in [0.1, 0.15) is 0 Å². The molecular formula is C7H12O4S. The number of carboxylic acid groups (broad SMARTS) is 1. The van der Waals surface area contributed by atoms with E-state index in [4.69, 9.17) is 5.11 Å². The first kappa shape index (κ1) is 9.51. The maximum absolute atomic E-state index is 11.4. The fraction of sp³-hybridized carbons (Fsp3) is 0.857. The summed E-state index contributed by atoms with van der Waals surface area (Å²) in [5, 5.41) is 8.48. The van der Waals surface area contributed by atoms with Crippen LogP contribution in [0.3, 0.4) is 0 Å². The first-order valence-electron chi connectivity index (χ1n) is 3.88. The molecule has 0 spiro atoms. The Morgan fingerprint density at radius 1 is 1.50 bits per heavy atom. The van der Waals surface area contributed by atoms with E-state index in [1.165, 1.54) is 0 Å². The fourth-order valence-corrected chi connectivity index (χ4v) is 3.00. The van der Waals surface area contributed by atoms with E-state index in [9.17, 15) is 13.2 Å². The Balaban J connectivity index is 2.80. The molecule has 1 aliphatic carbocycles. The van der Waals surface area contributed by atoms with Crippen molar-refractivity contribution in [1.82, 2.24) is 0 Å². The summed E-state index contributed by atoms with van der Waals surface area (Å²) in [5.74, 6) is -0.982. The lowest BCUT2D eigenvalue weighted by atomic mass is 10.3. The summed E-state index contributed by atoms with van der Waals surface area (Å²) in [6, 6.07) is 0. The Hall–Kier alpha value is -0.580. The standard InChI is InChI=1S/C7H12O4S/c1-2-12(10,11)7(3-4-7)5-6(8)9/h2-5H2,1H3,(H,8,9). The number of carboxylic acids is 1. The van der Waals surface area contributed by atoms with Gasteiger partial charge in [-0.2, -0.15) is 0 Å². The van der Waals surface area contributed by atoms with Crippen LogP contribution in [0.1, 0.15) is 26.2 Å². The molecule has 0 aromatic rings. The largest absolute Gasteiger partial charge is 0.481 e. The van der Waals surface area contributed by atoms with Crippen LogP contribution in [0.25, 0.3) is 0 Å². The average molecular weight is 192 g/mol. The summed E-state index contributed by atoms with van der Waals surface area (Å²) in [7, 11) is -3.16. The molecule has 1 fully saturated rings. The van der Waals surface area contributed by atoms with Crippen LogP contribution in [0.5, 0.6) is 0 Å². The second-order valence-corrected chi connectivity index (χ2v) is 5.83. The zero-order valence-electron chi connectivity index (χ0n) is 6.91. The van der Waals surface area contributed by atoms with Crippen LogP contribution in [0, 0.1) is 0 Å². The van der Waals surface area contributed by atoms with E-state index in [-0.39, 0.29) is 12.2 Å². The Kier molecular flexibility index (Phi) is 2.16. The monoisotopic (exact) mass is 192 g/mol. The van der Waals surface area contributed by atoms with E-state index < -0.39 is 20.6 Å². The van der Waals surface area contributed by atoms with E-state index in [1.807, 2.05) is 0 Å². The lowest BCUT2D eigenvalue weighted by molar-refractivity contribution is -0.137. The van der Waals surface area contributed by atoms with Crippen LogP contribution in [0.2, 0.25) is 0 Å². The number of rotatable bonds is 4. The SMILES string of the molecule is CCS(=O)(=O)C1(CC(=O)O)CC1. The Bertz CT molecular complexity index is 287. The number of hydrogen-bond donors (Lipinski definition) is 1. The second-order valence-electron chi connectivity index (χ2n) is 3.16. The minimum absolute atomic E-state index is 0.0419. The van der Waals surface area contributed by atoms with Crippen molar-refractivity contribution in [1.29, 1.82) is 0 Å². The molecule has 1 N–H and O–H groups in total. The molecule has 0 amide bonds. The molecule has 1 rings (SSSR count). The van der Waals surface area contributed by atoms with Crippen LogP contribution < -0.4 is 0 Å². The molecule has 0 bridgehead atoms. The molecule has 0 saturated heterocycles. The van der Waals surface area contributed by atoms with Gasteiger partial charge < -0.3 is 5.11 Å². The number of sulfone groups is 1. The van der Waals surface area contributed by atoms with Crippen molar-refractivity contribution < 1.29 is 18.3 Å². The van der Waals surface area contributed by atoms with E-state index in [0.717, 1.165) is 0 Å². The number of aliphatic carboxylic acids is 1. The van der Waals surface area contributed by atoms with Crippen molar-refractivity contribution in [3.05, 3.63) is 0 Å². The van der Waals surface area contributed by atoms with Crippen molar-refractivity contribution in [2.24, 2.45) is 0 Å². The van der Waals surface area contributed by atoms with Gasteiger partial charge in [0.05, 0.1) is 11.2 Å². The zero-order valence-corrected chi connectivity index (χ0v) is 7.73. The lowest BCUT2D eigenvalue weighted by Gasteiger charge is -2.11. The average Bonchev–Trinajstić information content (AvgIpc) is 2.68. The molecular weight excluding hydrogens is 180 g/mol. The molecule has 0 aliphatic heterocycles. The van der Waals surface area contributed by atoms with Gasteiger partial charge in [0.2, 0.25) is 0 Å². The summed E-state index contributed by atoms with van der Waals surface area (Å²) in [6.07, 6.45) is 0.786. The molecule has 0 unspecified atom stereocenters. The smallest absolute Gasteiger partial charge is 0.304 e. The minimum Gasteiger partial charge on any atom is -0.481 e. The van der Waals surface area contributed by atoms with Crippen LogP contribution in [-0.4, -0.2) is 30.0 Å². The molecule has 0 heterocycles. The molecule has 12 heavy (non-hydrogen) atoms. The maximum atomic E-state index is 11.4. The Morgan fingerprint density at radius 2 is 2.00 bits per heavy atom. The molecule has 70 valence electrons. The highest BCUT2D eigenvalue weighted by Gasteiger charge is 2.54. The summed E-state index contributed by atoms with van der Waals surface area (Å²) < 4.78 is 21.8. The van der Waals surface area contributed by atoms with Gasteiger partial charge in [-0.25, -0.2) is 8.42 Å². The van der Waals surface area contributed by atoms with Crippen LogP contribution in [0.15, 0.2) is 0 Å². The third-order valence-electron chi connectivity index (χ3n) is 2.32. The third kappa shape index (κ3) is 1.46. The van der Waals surface area contributed by atoms with Gasteiger partial charge >= 0.3 is 5.97 Å². The summed E-state index contributed by atoms with van der Waals surface area (Å²) in [6.45, 7) is 1.55. The van der Waals surface area contributed by atoms with E-state index >= 15 is 0 Å². The second kappa shape index (κ2) is 2.73. The van der Waals surface area contributed by atoms with E-state index in [1.54, 1.807) is 6.92 Å². The quantitative estimate of drug-likeness (QED) is 0.701. The van der Waals surface area contributed by atoms with Crippen LogP contribution in [0.4, 0.5) is 0 Å². The molecule has 5 heteroatoms. The van der Waals surface area contributed by atoms with Gasteiger partial charge in [0, 0.05) is 5.75 Å². The number of hydrogen-bond acceptors (Lipinski definition) is 3. The molecule has 1 aliphatic rings. The predicted octanol–water partition coefficient (Wildman–Crippen LogP) is 0.428. The van der Waals surface area contributed by atoms with E-state index in [0.29, 0.717) is 12.8 Å². The summed E-state index contributed by atoms with van der Waals surface area (Å²) in [4.78, 5) is 10.4. The molecule has 0 aromatic carbocycles. The van der Waals surface area contributed by atoms with Crippen molar-refractivity contribution >= 4 is 15.8 Å². The van der Waals surface area contributed by atoms with Gasteiger partial charge in [0.25, 0.3) is 0 Å². The lowest BCUT2D eigenvalue weighted by Crippen LogP contribution is -2.27. The first-order valence-corrected chi connectivity index (χ1v) is 5.53. The summed E-state index contributed by atoms with van der Waals surface area (Å²) >= 11 is 0. The molecule has 0 aromatic heterocycles. The van der Waals surface area contributed by atoms with Crippen molar-refractivity contribution in [3.63, 3.8) is 0 Å². The topological polar surface area (TPSA) is 71.4 Å². The van der Waals surface area contributed by atoms with Crippen molar-refractivity contribution in [2.45, 2.75) is 30.9 Å². The van der Waals surface area contributed by atoms with Crippen LogP contribution >= 0.6 is 0 Å². The van der Waals surface area contributed by atoms with Crippen molar-refractivity contribution in [2.75, 3.05) is 5.75 Å². The van der Waals surface area contributed by atoms with Gasteiger partial charge in [-0.1, -0.05) is 6.92 Å². The van der Waals surface area contributed by atoms with Gasteiger partial charge in [-0.15, -0.1) is 0 Å². The Morgan fingerprint density at radius 3 is 2.25 bits per heavy atom. The number of carbonyl (C=O) groups is 1.